The van der Waals surface area contributed by atoms with Crippen molar-refractivity contribution in [3.05, 3.63) is 0 Å². The van der Waals surface area contributed by atoms with Gasteiger partial charge in [0.15, 0.2) is 0 Å². The summed E-state index contributed by atoms with van der Waals surface area (Å²) in [5, 5.41) is 3.42. The third-order valence-electron chi connectivity index (χ3n) is 5.19. The fourth-order valence-electron chi connectivity index (χ4n) is 4.13. The molecule has 0 aromatic rings. The van der Waals surface area contributed by atoms with E-state index in [9.17, 15) is 0 Å². The monoisotopic (exact) mass is 251 g/mol. The average Bonchev–Trinajstić information content (AvgIpc) is 2.39. The van der Waals surface area contributed by atoms with E-state index in [1.807, 2.05) is 0 Å². The van der Waals surface area contributed by atoms with Crippen LogP contribution in [0, 0.1) is 5.41 Å². The van der Waals surface area contributed by atoms with Crippen LogP contribution in [0.3, 0.4) is 0 Å². The molecule has 3 rings (SSSR count). The highest BCUT2D eigenvalue weighted by molar-refractivity contribution is 4.96. The second-order valence-electron chi connectivity index (χ2n) is 6.72. The van der Waals surface area contributed by atoms with Crippen molar-refractivity contribution in [3.63, 3.8) is 0 Å². The van der Waals surface area contributed by atoms with Crippen LogP contribution in [0.4, 0.5) is 0 Å². The van der Waals surface area contributed by atoms with Gasteiger partial charge in [-0.15, -0.1) is 0 Å². The maximum Gasteiger partial charge on any atom is 0.0107 e. The number of nitrogens with zero attached hydrogens (tertiary/aromatic N) is 2. The second kappa shape index (κ2) is 5.89. The first-order chi connectivity index (χ1) is 8.86. The van der Waals surface area contributed by atoms with E-state index in [-0.39, 0.29) is 0 Å². The van der Waals surface area contributed by atoms with Crippen LogP contribution in [-0.4, -0.2) is 62.2 Å². The molecule has 0 bridgehead atoms. The van der Waals surface area contributed by atoms with Gasteiger partial charge < -0.3 is 15.1 Å². The molecule has 1 N–H and O–H groups in total. The van der Waals surface area contributed by atoms with E-state index in [4.69, 9.17) is 0 Å². The SMILES string of the molecule is C1CCC2(CC1)CN(CCCN1CCNCC1)C2. The highest BCUT2D eigenvalue weighted by atomic mass is 15.2. The summed E-state index contributed by atoms with van der Waals surface area (Å²) < 4.78 is 0. The van der Waals surface area contributed by atoms with Crippen LogP contribution in [-0.2, 0) is 0 Å². The van der Waals surface area contributed by atoms with Crippen molar-refractivity contribution in [1.82, 2.24) is 15.1 Å². The Bertz CT molecular complexity index is 246. The molecular weight excluding hydrogens is 222 g/mol. The van der Waals surface area contributed by atoms with E-state index < -0.39 is 0 Å². The molecule has 2 heterocycles. The molecule has 18 heavy (non-hydrogen) atoms. The van der Waals surface area contributed by atoms with Crippen LogP contribution >= 0.6 is 0 Å². The number of hydrogen-bond acceptors (Lipinski definition) is 3. The van der Waals surface area contributed by atoms with Crippen molar-refractivity contribution in [2.45, 2.75) is 38.5 Å². The van der Waals surface area contributed by atoms with Gasteiger partial charge in [0, 0.05) is 39.3 Å². The van der Waals surface area contributed by atoms with Crippen LogP contribution in [0.1, 0.15) is 38.5 Å². The lowest BCUT2D eigenvalue weighted by molar-refractivity contribution is -0.0293. The first kappa shape index (κ1) is 12.9. The first-order valence-corrected chi connectivity index (χ1v) is 8.02. The van der Waals surface area contributed by atoms with Gasteiger partial charge in [0.05, 0.1) is 0 Å². The van der Waals surface area contributed by atoms with Crippen molar-refractivity contribution in [2.24, 2.45) is 5.41 Å². The van der Waals surface area contributed by atoms with Crippen LogP contribution in [0.2, 0.25) is 0 Å². The van der Waals surface area contributed by atoms with Crippen LogP contribution in [0.5, 0.6) is 0 Å². The smallest absolute Gasteiger partial charge is 0.0107 e. The zero-order chi connectivity index (χ0) is 12.3. The number of likely N-dealkylation sites (tertiary alicyclic amines) is 1. The van der Waals surface area contributed by atoms with Gasteiger partial charge >= 0.3 is 0 Å². The molecule has 104 valence electrons. The van der Waals surface area contributed by atoms with Crippen molar-refractivity contribution in [2.75, 3.05) is 52.4 Å². The van der Waals surface area contributed by atoms with Gasteiger partial charge in [-0.1, -0.05) is 19.3 Å². The molecule has 3 aliphatic rings. The average molecular weight is 251 g/mol. The van der Waals surface area contributed by atoms with E-state index >= 15 is 0 Å². The van der Waals surface area contributed by atoms with E-state index in [1.165, 1.54) is 90.9 Å². The predicted octanol–water partition coefficient (Wildman–Crippen LogP) is 1.55. The summed E-state index contributed by atoms with van der Waals surface area (Å²) in [5.41, 5.74) is 0.771. The van der Waals surface area contributed by atoms with E-state index in [0.29, 0.717) is 0 Å². The van der Waals surface area contributed by atoms with Gasteiger partial charge in [-0.3, -0.25) is 0 Å². The fourth-order valence-corrected chi connectivity index (χ4v) is 4.13. The molecule has 3 fully saturated rings. The maximum atomic E-state index is 3.42. The molecule has 1 saturated carbocycles. The summed E-state index contributed by atoms with van der Waals surface area (Å²) in [6.45, 7) is 10.4. The number of rotatable bonds is 4. The normalized spacial score (nSPS) is 29.3. The van der Waals surface area contributed by atoms with Crippen LogP contribution in [0.15, 0.2) is 0 Å². The largest absolute Gasteiger partial charge is 0.314 e. The molecule has 3 nitrogen and oxygen atoms in total. The Morgan fingerprint density at radius 2 is 1.50 bits per heavy atom. The molecular formula is C15H29N3. The summed E-state index contributed by atoms with van der Waals surface area (Å²) in [4.78, 5) is 5.32. The molecule has 0 aromatic carbocycles. The Morgan fingerprint density at radius 3 is 2.22 bits per heavy atom. The maximum absolute atomic E-state index is 3.42. The van der Waals surface area contributed by atoms with Crippen molar-refractivity contribution in [3.8, 4) is 0 Å². The van der Waals surface area contributed by atoms with E-state index in [1.54, 1.807) is 0 Å². The third kappa shape index (κ3) is 3.06. The Hall–Kier alpha value is -0.120. The van der Waals surface area contributed by atoms with Crippen LogP contribution < -0.4 is 5.32 Å². The standard InChI is InChI=1S/C15H29N3/c1-2-5-15(6-3-1)13-18(14-15)10-4-9-17-11-7-16-8-12-17/h16H,1-14H2. The zero-order valence-electron chi connectivity index (χ0n) is 11.8. The minimum atomic E-state index is 0.771. The molecule has 0 amide bonds. The Kier molecular flexibility index (Phi) is 4.22. The molecule has 0 aromatic heterocycles. The van der Waals surface area contributed by atoms with Crippen LogP contribution in [0.25, 0.3) is 0 Å². The molecule has 0 atom stereocenters. The lowest BCUT2D eigenvalue weighted by Crippen LogP contribution is -2.57. The Balaban J connectivity index is 1.29. The summed E-state index contributed by atoms with van der Waals surface area (Å²) in [7, 11) is 0. The molecule has 1 aliphatic carbocycles. The molecule has 0 unspecified atom stereocenters. The third-order valence-corrected chi connectivity index (χ3v) is 5.19. The molecule has 0 radical (unpaired) electrons. The Morgan fingerprint density at radius 1 is 0.833 bits per heavy atom. The second-order valence-corrected chi connectivity index (χ2v) is 6.72. The number of hydrogen-bond donors (Lipinski definition) is 1. The van der Waals surface area contributed by atoms with Crippen molar-refractivity contribution in [1.29, 1.82) is 0 Å². The topological polar surface area (TPSA) is 18.5 Å². The number of nitrogens with one attached hydrogen (secondary N) is 1. The lowest BCUT2D eigenvalue weighted by Gasteiger charge is -2.52. The summed E-state index contributed by atoms with van der Waals surface area (Å²) in [5.74, 6) is 0. The predicted molar refractivity (Wildman–Crippen MR) is 75.9 cm³/mol. The van der Waals surface area contributed by atoms with Crippen molar-refractivity contribution < 1.29 is 0 Å². The minimum absolute atomic E-state index is 0.771. The quantitative estimate of drug-likeness (QED) is 0.818. The van der Waals surface area contributed by atoms with Gasteiger partial charge in [-0.05, 0) is 37.8 Å². The van der Waals surface area contributed by atoms with Gasteiger partial charge in [-0.2, -0.15) is 0 Å². The molecule has 2 saturated heterocycles. The van der Waals surface area contributed by atoms with Gasteiger partial charge in [0.1, 0.15) is 0 Å². The lowest BCUT2D eigenvalue weighted by atomic mass is 9.68. The highest BCUT2D eigenvalue weighted by Crippen LogP contribution is 2.43. The Labute approximate surface area is 112 Å². The van der Waals surface area contributed by atoms with Gasteiger partial charge in [0.25, 0.3) is 0 Å². The fraction of sp³-hybridized carbons (Fsp3) is 1.00. The van der Waals surface area contributed by atoms with Gasteiger partial charge in [0.2, 0.25) is 0 Å². The van der Waals surface area contributed by atoms with Crippen molar-refractivity contribution >= 4 is 0 Å². The minimum Gasteiger partial charge on any atom is -0.314 e. The highest BCUT2D eigenvalue weighted by Gasteiger charge is 2.42. The summed E-state index contributed by atoms with van der Waals surface area (Å²) in [6, 6.07) is 0. The molecule has 2 aliphatic heterocycles. The molecule has 3 heteroatoms. The zero-order valence-corrected chi connectivity index (χ0v) is 11.8. The summed E-state index contributed by atoms with van der Waals surface area (Å²) >= 11 is 0. The van der Waals surface area contributed by atoms with E-state index in [0.717, 1.165) is 5.41 Å². The molecule has 1 spiro atoms. The first-order valence-electron chi connectivity index (χ1n) is 8.02. The van der Waals surface area contributed by atoms with E-state index in [2.05, 4.69) is 15.1 Å². The summed E-state index contributed by atoms with van der Waals surface area (Å²) in [6.07, 6.45) is 8.88. The number of piperazine rings is 1. The van der Waals surface area contributed by atoms with Gasteiger partial charge in [-0.25, -0.2) is 0 Å².